The van der Waals surface area contributed by atoms with Crippen molar-refractivity contribution < 1.29 is 9.47 Å². The van der Waals surface area contributed by atoms with E-state index in [1.807, 2.05) is 20.8 Å². The summed E-state index contributed by atoms with van der Waals surface area (Å²) in [6.07, 6.45) is 4.82. The normalized spacial score (nSPS) is 27.8. The molecule has 4 nitrogen and oxygen atoms in total. The molecule has 1 rings (SSSR count). The molecule has 0 aromatic heterocycles. The van der Waals surface area contributed by atoms with E-state index >= 15 is 0 Å². The molecule has 0 aromatic carbocycles. The van der Waals surface area contributed by atoms with Gasteiger partial charge in [-0.2, -0.15) is 5.26 Å². The highest BCUT2D eigenvalue weighted by Crippen LogP contribution is 2.23. The molecule has 4 heteroatoms. The Morgan fingerprint density at radius 2 is 2.06 bits per heavy atom. The Hall–Kier alpha value is -0.630. The van der Waals surface area contributed by atoms with Crippen LogP contribution in [0.2, 0.25) is 0 Å². The standard InChI is InChI=1S/C14H26N2O2/c1-11(2)16-14(3,9-15)10-18-13-7-5-6-12(8-13)17-4/h11-13,16H,5-8,10H2,1-4H3. The summed E-state index contributed by atoms with van der Waals surface area (Å²) in [6, 6.07) is 2.58. The first-order valence-corrected chi connectivity index (χ1v) is 6.82. The van der Waals surface area contributed by atoms with E-state index in [0.717, 1.165) is 25.7 Å². The van der Waals surface area contributed by atoms with Crippen LogP contribution in [0.25, 0.3) is 0 Å². The summed E-state index contributed by atoms with van der Waals surface area (Å²) < 4.78 is 11.3. The molecule has 18 heavy (non-hydrogen) atoms. The number of nitrogens with one attached hydrogen (secondary N) is 1. The molecule has 0 radical (unpaired) electrons. The predicted octanol–water partition coefficient (Wildman–Crippen LogP) is 2.24. The lowest BCUT2D eigenvalue weighted by molar-refractivity contribution is -0.0411. The Kier molecular flexibility index (Phi) is 6.07. The van der Waals surface area contributed by atoms with Gasteiger partial charge in [0.2, 0.25) is 0 Å². The van der Waals surface area contributed by atoms with E-state index in [0.29, 0.717) is 12.7 Å². The highest BCUT2D eigenvalue weighted by Gasteiger charge is 2.28. The molecule has 1 aliphatic carbocycles. The summed E-state index contributed by atoms with van der Waals surface area (Å²) in [4.78, 5) is 0. The van der Waals surface area contributed by atoms with Crippen LogP contribution in [0, 0.1) is 11.3 Å². The Morgan fingerprint density at radius 1 is 1.39 bits per heavy atom. The summed E-state index contributed by atoms with van der Waals surface area (Å²) in [7, 11) is 1.76. The first kappa shape index (κ1) is 15.4. The van der Waals surface area contributed by atoms with Crippen LogP contribution in [0.3, 0.4) is 0 Å². The molecule has 0 heterocycles. The van der Waals surface area contributed by atoms with Crippen molar-refractivity contribution >= 4 is 0 Å². The number of nitriles is 1. The number of rotatable bonds is 6. The lowest BCUT2D eigenvalue weighted by Gasteiger charge is -2.32. The van der Waals surface area contributed by atoms with Gasteiger partial charge in [0.25, 0.3) is 0 Å². The van der Waals surface area contributed by atoms with Crippen molar-refractivity contribution in [3.05, 3.63) is 0 Å². The van der Waals surface area contributed by atoms with Crippen LogP contribution in [0.15, 0.2) is 0 Å². The second kappa shape index (κ2) is 7.08. The van der Waals surface area contributed by atoms with Crippen molar-refractivity contribution in [1.82, 2.24) is 5.32 Å². The van der Waals surface area contributed by atoms with Crippen LogP contribution in [0.5, 0.6) is 0 Å². The van der Waals surface area contributed by atoms with Gasteiger partial charge in [0.15, 0.2) is 0 Å². The van der Waals surface area contributed by atoms with Gasteiger partial charge in [-0.05, 0) is 46.5 Å². The average Bonchev–Trinajstić information content (AvgIpc) is 2.36. The quantitative estimate of drug-likeness (QED) is 0.790. The molecular formula is C14H26N2O2. The molecule has 0 amide bonds. The second-order valence-electron chi connectivity index (χ2n) is 5.70. The molecule has 3 unspecified atom stereocenters. The number of methoxy groups -OCH3 is 1. The van der Waals surface area contributed by atoms with Crippen LogP contribution < -0.4 is 5.32 Å². The van der Waals surface area contributed by atoms with Gasteiger partial charge in [-0.15, -0.1) is 0 Å². The third-order valence-corrected chi connectivity index (χ3v) is 3.37. The Labute approximate surface area is 111 Å². The monoisotopic (exact) mass is 254 g/mol. The molecule has 1 N–H and O–H groups in total. The molecule has 1 saturated carbocycles. The second-order valence-corrected chi connectivity index (χ2v) is 5.70. The molecule has 104 valence electrons. The summed E-state index contributed by atoms with van der Waals surface area (Å²) in [5, 5.41) is 12.5. The van der Waals surface area contributed by atoms with E-state index in [-0.39, 0.29) is 12.1 Å². The number of hydrogen-bond acceptors (Lipinski definition) is 4. The Morgan fingerprint density at radius 3 is 2.61 bits per heavy atom. The minimum Gasteiger partial charge on any atom is -0.381 e. The van der Waals surface area contributed by atoms with Gasteiger partial charge in [0.1, 0.15) is 5.54 Å². The molecule has 0 bridgehead atoms. The van der Waals surface area contributed by atoms with Crippen molar-refractivity contribution in [2.45, 2.75) is 70.2 Å². The van der Waals surface area contributed by atoms with Gasteiger partial charge in [-0.1, -0.05) is 0 Å². The summed E-state index contributed by atoms with van der Waals surface area (Å²) in [5.74, 6) is 0. The first-order valence-electron chi connectivity index (χ1n) is 6.82. The maximum atomic E-state index is 9.24. The fourth-order valence-corrected chi connectivity index (χ4v) is 2.50. The molecule has 0 aliphatic heterocycles. The average molecular weight is 254 g/mol. The maximum absolute atomic E-state index is 9.24. The van der Waals surface area contributed by atoms with Crippen molar-refractivity contribution in [2.75, 3.05) is 13.7 Å². The van der Waals surface area contributed by atoms with E-state index in [1.165, 1.54) is 0 Å². The van der Waals surface area contributed by atoms with E-state index in [9.17, 15) is 5.26 Å². The van der Waals surface area contributed by atoms with E-state index in [4.69, 9.17) is 9.47 Å². The van der Waals surface area contributed by atoms with Crippen molar-refractivity contribution in [3.63, 3.8) is 0 Å². The van der Waals surface area contributed by atoms with E-state index in [1.54, 1.807) is 7.11 Å². The molecule has 0 aromatic rings. The SMILES string of the molecule is COC1CCCC(OCC(C)(C#N)NC(C)C)C1. The van der Waals surface area contributed by atoms with Crippen LogP contribution in [-0.2, 0) is 9.47 Å². The van der Waals surface area contributed by atoms with Crippen molar-refractivity contribution in [1.29, 1.82) is 5.26 Å². The molecule has 1 fully saturated rings. The first-order chi connectivity index (χ1) is 8.49. The Bertz CT molecular complexity index is 288. The van der Waals surface area contributed by atoms with Crippen LogP contribution in [0.1, 0.15) is 46.5 Å². The number of nitrogens with zero attached hydrogens (tertiary/aromatic N) is 1. The fraction of sp³-hybridized carbons (Fsp3) is 0.929. The largest absolute Gasteiger partial charge is 0.381 e. The minimum absolute atomic E-state index is 0.227. The van der Waals surface area contributed by atoms with E-state index < -0.39 is 5.54 Å². The molecule has 0 spiro atoms. The zero-order valence-electron chi connectivity index (χ0n) is 12.0. The van der Waals surface area contributed by atoms with Crippen molar-refractivity contribution in [2.24, 2.45) is 0 Å². The van der Waals surface area contributed by atoms with Crippen molar-refractivity contribution in [3.8, 4) is 6.07 Å². The molecule has 1 aliphatic rings. The molecule has 0 saturated heterocycles. The van der Waals surface area contributed by atoms with Crippen LogP contribution in [-0.4, -0.2) is 37.5 Å². The van der Waals surface area contributed by atoms with Gasteiger partial charge in [-0.3, -0.25) is 5.32 Å². The summed E-state index contributed by atoms with van der Waals surface area (Å²) >= 11 is 0. The predicted molar refractivity (Wildman–Crippen MR) is 71.3 cm³/mol. The van der Waals surface area contributed by atoms with Crippen LogP contribution in [0.4, 0.5) is 0 Å². The molecule has 3 atom stereocenters. The van der Waals surface area contributed by atoms with E-state index in [2.05, 4.69) is 11.4 Å². The zero-order chi connectivity index (χ0) is 13.6. The highest BCUT2D eigenvalue weighted by molar-refractivity contribution is 5.04. The third kappa shape index (κ3) is 4.93. The smallest absolute Gasteiger partial charge is 0.127 e. The Balaban J connectivity index is 2.40. The number of hydrogen-bond donors (Lipinski definition) is 1. The maximum Gasteiger partial charge on any atom is 0.127 e. The number of ether oxygens (including phenoxy) is 2. The molecular weight excluding hydrogens is 228 g/mol. The van der Waals surface area contributed by atoms with Gasteiger partial charge >= 0.3 is 0 Å². The lowest BCUT2D eigenvalue weighted by Crippen LogP contribution is -2.49. The van der Waals surface area contributed by atoms with Gasteiger partial charge < -0.3 is 9.47 Å². The highest BCUT2D eigenvalue weighted by atomic mass is 16.5. The third-order valence-electron chi connectivity index (χ3n) is 3.37. The summed E-state index contributed by atoms with van der Waals surface area (Å²) in [6.45, 7) is 6.40. The summed E-state index contributed by atoms with van der Waals surface area (Å²) in [5.41, 5.74) is -0.603. The van der Waals surface area contributed by atoms with Gasteiger partial charge in [-0.25, -0.2) is 0 Å². The van der Waals surface area contributed by atoms with Crippen LogP contribution >= 0.6 is 0 Å². The minimum atomic E-state index is -0.603. The zero-order valence-corrected chi connectivity index (χ0v) is 12.0. The van der Waals surface area contributed by atoms with Gasteiger partial charge in [0, 0.05) is 13.2 Å². The van der Waals surface area contributed by atoms with Gasteiger partial charge in [0.05, 0.1) is 24.9 Å². The fourth-order valence-electron chi connectivity index (χ4n) is 2.50. The lowest BCUT2D eigenvalue weighted by atomic mass is 9.94. The topological polar surface area (TPSA) is 54.3 Å².